The Bertz CT molecular complexity index is 989. The third-order valence-corrected chi connectivity index (χ3v) is 5.26. The first-order valence-electron chi connectivity index (χ1n) is 8.81. The number of nitrogens with zero attached hydrogens (tertiary/aromatic N) is 3. The van der Waals surface area contributed by atoms with Crippen molar-refractivity contribution >= 4 is 29.2 Å². The predicted octanol–water partition coefficient (Wildman–Crippen LogP) is 2.01. The number of ketones is 1. The van der Waals surface area contributed by atoms with Crippen molar-refractivity contribution in [1.82, 2.24) is 4.90 Å². The van der Waals surface area contributed by atoms with Crippen molar-refractivity contribution in [3.63, 3.8) is 0 Å². The molecule has 1 amide bonds. The number of ether oxygens (including phenoxy) is 2. The molecule has 0 radical (unpaired) electrons. The Balaban J connectivity index is 2.01. The van der Waals surface area contributed by atoms with Crippen LogP contribution in [0.25, 0.3) is 0 Å². The fourth-order valence-electron chi connectivity index (χ4n) is 3.85. The molecule has 1 saturated heterocycles. The lowest BCUT2D eigenvalue weighted by atomic mass is 9.72. The summed E-state index contributed by atoms with van der Waals surface area (Å²) in [6.45, 7) is 1.46. The van der Waals surface area contributed by atoms with Crippen LogP contribution in [0.2, 0.25) is 0 Å². The van der Waals surface area contributed by atoms with E-state index >= 15 is 0 Å². The van der Waals surface area contributed by atoms with Gasteiger partial charge in [-0.3, -0.25) is 29.9 Å². The molecule has 2 bridgehead atoms. The minimum absolute atomic E-state index is 0.0868. The van der Waals surface area contributed by atoms with Crippen LogP contribution in [0, 0.1) is 26.1 Å². The number of piperidine rings is 1. The molecule has 30 heavy (non-hydrogen) atoms. The van der Waals surface area contributed by atoms with Crippen molar-refractivity contribution in [3.05, 3.63) is 56.1 Å². The molecule has 0 spiro atoms. The molecular formula is C18H17N3O9. The summed E-state index contributed by atoms with van der Waals surface area (Å²) in [6, 6.07) is 1.53. The van der Waals surface area contributed by atoms with Gasteiger partial charge in [-0.2, -0.15) is 0 Å². The number of carbonyl (C=O) groups is 3. The van der Waals surface area contributed by atoms with Crippen molar-refractivity contribution in [2.45, 2.75) is 25.0 Å². The van der Waals surface area contributed by atoms with E-state index < -0.39 is 56.3 Å². The maximum absolute atomic E-state index is 12.8. The first-order chi connectivity index (χ1) is 14.1. The number of non-ortho nitro benzene ring substituents is 1. The number of hydrogen-bond acceptors (Lipinski definition) is 9. The van der Waals surface area contributed by atoms with Gasteiger partial charge in [0, 0.05) is 19.0 Å². The van der Waals surface area contributed by atoms with Crippen LogP contribution >= 0.6 is 0 Å². The Morgan fingerprint density at radius 2 is 1.87 bits per heavy atom. The highest BCUT2D eigenvalue weighted by molar-refractivity contribution is 5.98. The normalized spacial score (nSPS) is 24.3. The summed E-state index contributed by atoms with van der Waals surface area (Å²) in [5.41, 5.74) is -3.70. The first kappa shape index (κ1) is 20.9. The van der Waals surface area contributed by atoms with Gasteiger partial charge in [0.2, 0.25) is 0 Å². The van der Waals surface area contributed by atoms with Gasteiger partial charge < -0.3 is 9.47 Å². The van der Waals surface area contributed by atoms with Crippen LogP contribution < -0.4 is 0 Å². The SMILES string of the molecule is COC(=O)N1C[C@@H]2C=C[C@H]1[C@](OC(=O)c1ccc([N+](=O)[O-])cc1[N+](=O)[O-])(C(C)=O)C2. The molecule has 1 aromatic carbocycles. The second kappa shape index (κ2) is 7.54. The number of amides is 1. The van der Waals surface area contributed by atoms with Crippen LogP contribution in [0.4, 0.5) is 16.2 Å². The van der Waals surface area contributed by atoms with E-state index in [-0.39, 0.29) is 18.9 Å². The third kappa shape index (κ3) is 3.36. The largest absolute Gasteiger partial charge is 0.453 e. The smallest absolute Gasteiger partial charge is 0.410 e. The fourth-order valence-corrected chi connectivity index (χ4v) is 3.85. The molecule has 12 nitrogen and oxygen atoms in total. The topological polar surface area (TPSA) is 159 Å². The minimum Gasteiger partial charge on any atom is -0.453 e. The summed E-state index contributed by atoms with van der Waals surface area (Å²) in [4.78, 5) is 59.3. The summed E-state index contributed by atoms with van der Waals surface area (Å²) < 4.78 is 10.3. The highest BCUT2D eigenvalue weighted by Crippen LogP contribution is 2.42. The molecule has 2 heterocycles. The highest BCUT2D eigenvalue weighted by atomic mass is 16.6. The molecule has 3 atom stereocenters. The Labute approximate surface area is 169 Å². The van der Waals surface area contributed by atoms with Gasteiger partial charge in [0.15, 0.2) is 11.4 Å². The molecule has 0 N–H and O–H groups in total. The van der Waals surface area contributed by atoms with Crippen LogP contribution in [0.15, 0.2) is 30.4 Å². The van der Waals surface area contributed by atoms with Gasteiger partial charge >= 0.3 is 12.1 Å². The Kier molecular flexibility index (Phi) is 5.25. The lowest BCUT2D eigenvalue weighted by Gasteiger charge is -2.50. The van der Waals surface area contributed by atoms with Gasteiger partial charge in [-0.1, -0.05) is 12.2 Å². The minimum atomic E-state index is -1.77. The molecule has 12 heteroatoms. The zero-order valence-corrected chi connectivity index (χ0v) is 16.0. The lowest BCUT2D eigenvalue weighted by molar-refractivity contribution is -0.394. The molecule has 1 fully saturated rings. The van der Waals surface area contributed by atoms with E-state index in [4.69, 9.17) is 9.47 Å². The van der Waals surface area contributed by atoms with Crippen LogP contribution in [0.3, 0.4) is 0 Å². The quantitative estimate of drug-likeness (QED) is 0.301. The van der Waals surface area contributed by atoms with Gasteiger partial charge in [-0.15, -0.1) is 0 Å². The standard InChI is InChI=1S/C18H17N3O9/c1-10(22)18(8-11-3-6-15(18)19(9-11)17(24)29-2)30-16(23)13-5-4-12(20(25)26)7-14(13)21(27)28/h3-7,11,15H,8-9H2,1-2H3/t11-,15+,18-/m1/s1. The van der Waals surface area contributed by atoms with Gasteiger partial charge in [0.1, 0.15) is 11.6 Å². The Morgan fingerprint density at radius 1 is 1.17 bits per heavy atom. The number of hydrogen-bond donors (Lipinski definition) is 0. The van der Waals surface area contributed by atoms with Crippen LogP contribution in [0.5, 0.6) is 0 Å². The second-order valence-electron chi connectivity index (χ2n) is 6.97. The molecule has 1 aromatic rings. The highest BCUT2D eigenvalue weighted by Gasteiger charge is 2.57. The zero-order valence-electron chi connectivity index (χ0n) is 16.0. The zero-order chi connectivity index (χ0) is 22.2. The summed E-state index contributed by atoms with van der Waals surface area (Å²) in [5, 5.41) is 22.2. The molecule has 0 aromatic heterocycles. The number of esters is 1. The molecule has 2 aliphatic heterocycles. The van der Waals surface area contributed by atoms with Crippen molar-refractivity contribution in [1.29, 1.82) is 0 Å². The van der Waals surface area contributed by atoms with Crippen LogP contribution in [0.1, 0.15) is 23.7 Å². The first-order valence-corrected chi connectivity index (χ1v) is 8.81. The summed E-state index contributed by atoms with van der Waals surface area (Å²) >= 11 is 0. The van der Waals surface area contributed by atoms with Crippen LogP contribution in [-0.2, 0) is 14.3 Å². The van der Waals surface area contributed by atoms with Gasteiger partial charge in [-0.05, 0) is 18.9 Å². The molecule has 1 aliphatic carbocycles. The summed E-state index contributed by atoms with van der Waals surface area (Å²) in [5.74, 6) is -2.04. The average molecular weight is 419 g/mol. The summed E-state index contributed by atoms with van der Waals surface area (Å²) in [7, 11) is 1.18. The maximum atomic E-state index is 12.8. The van der Waals surface area contributed by atoms with Gasteiger partial charge in [0.05, 0.1) is 23.0 Å². The third-order valence-electron chi connectivity index (χ3n) is 5.26. The Morgan fingerprint density at radius 3 is 2.40 bits per heavy atom. The maximum Gasteiger partial charge on any atom is 0.410 e. The average Bonchev–Trinajstić information content (AvgIpc) is 2.72. The van der Waals surface area contributed by atoms with Crippen molar-refractivity contribution < 1.29 is 33.7 Å². The van der Waals surface area contributed by atoms with Crippen molar-refractivity contribution in [2.24, 2.45) is 5.92 Å². The Hall–Kier alpha value is -3.83. The molecule has 0 unspecified atom stereocenters. The van der Waals surface area contributed by atoms with Crippen molar-refractivity contribution in [2.75, 3.05) is 13.7 Å². The van der Waals surface area contributed by atoms with E-state index in [9.17, 15) is 34.6 Å². The van der Waals surface area contributed by atoms with Crippen LogP contribution in [-0.4, -0.2) is 57.9 Å². The number of Topliss-reactive ketones (excluding diaryl/α,β-unsaturated/α-hetero) is 1. The number of carbonyl (C=O) groups excluding carboxylic acids is 3. The predicted molar refractivity (Wildman–Crippen MR) is 98.7 cm³/mol. The summed E-state index contributed by atoms with van der Waals surface area (Å²) in [6.07, 6.45) is 2.74. The van der Waals surface area contributed by atoms with Gasteiger partial charge in [0.25, 0.3) is 11.4 Å². The monoisotopic (exact) mass is 419 g/mol. The van der Waals surface area contributed by atoms with E-state index in [2.05, 4.69) is 0 Å². The number of fused-ring (bicyclic) bond motifs is 2. The van der Waals surface area contributed by atoms with E-state index in [1.807, 2.05) is 0 Å². The lowest BCUT2D eigenvalue weighted by Crippen LogP contribution is -2.66. The molecule has 0 saturated carbocycles. The number of benzene rings is 1. The molecule has 158 valence electrons. The number of nitro groups is 2. The van der Waals surface area contributed by atoms with E-state index in [0.717, 1.165) is 12.1 Å². The van der Waals surface area contributed by atoms with E-state index in [0.29, 0.717) is 6.07 Å². The molecular weight excluding hydrogens is 402 g/mol. The van der Waals surface area contributed by atoms with E-state index in [1.165, 1.54) is 18.9 Å². The van der Waals surface area contributed by atoms with E-state index in [1.54, 1.807) is 12.2 Å². The number of nitro benzene ring substituents is 2. The van der Waals surface area contributed by atoms with Crippen molar-refractivity contribution in [3.8, 4) is 0 Å². The van der Waals surface area contributed by atoms with Gasteiger partial charge in [-0.25, -0.2) is 9.59 Å². The molecule has 4 rings (SSSR count). The number of rotatable bonds is 5. The second-order valence-corrected chi connectivity index (χ2v) is 6.97. The molecule has 3 aliphatic rings. The fraction of sp³-hybridized carbons (Fsp3) is 0.389. The number of methoxy groups -OCH3 is 1.